The van der Waals surface area contributed by atoms with Crippen LogP contribution in [0.3, 0.4) is 0 Å². The molecule has 1 N–H and O–H groups in total. The molecule has 20 heavy (non-hydrogen) atoms. The molecule has 2 amide bonds. The molecule has 0 bridgehead atoms. The van der Waals surface area contributed by atoms with Crippen LogP contribution in [0.4, 0.5) is 9.80 Å². The third-order valence-electron chi connectivity index (χ3n) is 4.11. The second-order valence-electron chi connectivity index (χ2n) is 5.55. The van der Waals surface area contributed by atoms with Gasteiger partial charge in [-0.25, -0.2) is 4.79 Å². The van der Waals surface area contributed by atoms with Gasteiger partial charge in [-0.2, -0.15) is 4.37 Å². The van der Waals surface area contributed by atoms with E-state index in [4.69, 9.17) is 0 Å². The number of rotatable bonds is 7. The van der Waals surface area contributed by atoms with Gasteiger partial charge in [0.15, 0.2) is 0 Å². The maximum absolute atomic E-state index is 12.0. The van der Waals surface area contributed by atoms with Gasteiger partial charge in [-0.05, 0) is 36.9 Å². The molecule has 0 atom stereocenters. The van der Waals surface area contributed by atoms with Crippen molar-refractivity contribution in [3.8, 4) is 0 Å². The molecule has 1 aromatic rings. The summed E-state index contributed by atoms with van der Waals surface area (Å²) in [5.41, 5.74) is 1.19. The standard InChI is InChI=1S/C15H27N3OS/c1-6-9-10-18(5)14(19)16-13-11-12(17-20-13)15(4,7-2)8-3/h11H,6-10H2,1-5H3,(H,16,19). The molecule has 0 aliphatic rings. The van der Waals surface area contributed by atoms with E-state index in [1.807, 2.05) is 13.1 Å². The van der Waals surface area contributed by atoms with Crippen LogP contribution in [0, 0.1) is 0 Å². The van der Waals surface area contributed by atoms with E-state index in [0.717, 1.165) is 42.9 Å². The number of amides is 2. The van der Waals surface area contributed by atoms with Crippen LogP contribution in [0.25, 0.3) is 0 Å². The fraction of sp³-hybridized carbons (Fsp3) is 0.733. The molecule has 0 spiro atoms. The minimum atomic E-state index is -0.0525. The molecule has 5 heteroatoms. The summed E-state index contributed by atoms with van der Waals surface area (Å²) in [4.78, 5) is 13.7. The molecule has 0 unspecified atom stereocenters. The van der Waals surface area contributed by atoms with Crippen molar-refractivity contribution >= 4 is 22.6 Å². The van der Waals surface area contributed by atoms with Crippen LogP contribution < -0.4 is 5.32 Å². The van der Waals surface area contributed by atoms with Crippen molar-refractivity contribution in [3.05, 3.63) is 11.8 Å². The van der Waals surface area contributed by atoms with Gasteiger partial charge in [0.25, 0.3) is 0 Å². The molecule has 0 fully saturated rings. The number of aromatic nitrogens is 1. The number of urea groups is 1. The summed E-state index contributed by atoms with van der Waals surface area (Å²) in [6, 6.07) is 1.96. The summed E-state index contributed by atoms with van der Waals surface area (Å²) >= 11 is 1.37. The molecule has 1 aromatic heterocycles. The number of carbonyl (C=O) groups is 1. The van der Waals surface area contributed by atoms with Crippen LogP contribution >= 0.6 is 11.5 Å². The Morgan fingerprint density at radius 1 is 1.40 bits per heavy atom. The molecule has 0 radical (unpaired) electrons. The van der Waals surface area contributed by atoms with E-state index in [1.54, 1.807) is 4.90 Å². The number of carbonyl (C=O) groups excluding carboxylic acids is 1. The Labute approximate surface area is 126 Å². The molecule has 0 saturated carbocycles. The van der Waals surface area contributed by atoms with Crippen LogP contribution in [0.1, 0.15) is 59.1 Å². The maximum atomic E-state index is 12.0. The lowest BCUT2D eigenvalue weighted by Gasteiger charge is -2.23. The Bertz CT molecular complexity index is 427. The van der Waals surface area contributed by atoms with Gasteiger partial charge in [-0.3, -0.25) is 5.32 Å². The minimum Gasteiger partial charge on any atom is -0.328 e. The zero-order valence-electron chi connectivity index (χ0n) is 13.3. The number of unbranched alkanes of at least 4 members (excludes halogenated alkanes) is 1. The van der Waals surface area contributed by atoms with Crippen molar-refractivity contribution in [2.45, 2.75) is 58.8 Å². The lowest BCUT2D eigenvalue weighted by molar-refractivity contribution is 0.222. The summed E-state index contributed by atoms with van der Waals surface area (Å²) < 4.78 is 4.51. The van der Waals surface area contributed by atoms with Crippen LogP contribution in [-0.4, -0.2) is 28.9 Å². The highest BCUT2D eigenvalue weighted by molar-refractivity contribution is 7.10. The molecule has 0 saturated heterocycles. The third-order valence-corrected chi connectivity index (χ3v) is 4.82. The number of nitrogens with zero attached hydrogens (tertiary/aromatic N) is 2. The average molecular weight is 297 g/mol. The fourth-order valence-electron chi connectivity index (χ4n) is 1.93. The average Bonchev–Trinajstić information content (AvgIpc) is 2.92. The van der Waals surface area contributed by atoms with Gasteiger partial charge in [0.2, 0.25) is 0 Å². The van der Waals surface area contributed by atoms with Crippen molar-refractivity contribution in [2.24, 2.45) is 0 Å². The van der Waals surface area contributed by atoms with E-state index in [0.29, 0.717) is 0 Å². The first-order valence-electron chi connectivity index (χ1n) is 7.46. The van der Waals surface area contributed by atoms with E-state index in [9.17, 15) is 4.79 Å². The van der Waals surface area contributed by atoms with Gasteiger partial charge in [-0.1, -0.05) is 34.1 Å². The molecule has 1 heterocycles. The summed E-state index contributed by atoms with van der Waals surface area (Å²) in [7, 11) is 1.83. The van der Waals surface area contributed by atoms with E-state index in [1.165, 1.54) is 11.5 Å². The summed E-state index contributed by atoms with van der Waals surface area (Å²) in [5, 5.41) is 3.77. The van der Waals surface area contributed by atoms with Gasteiger partial charge < -0.3 is 4.90 Å². The lowest BCUT2D eigenvalue weighted by atomic mass is 9.81. The van der Waals surface area contributed by atoms with E-state index in [-0.39, 0.29) is 11.4 Å². The zero-order valence-corrected chi connectivity index (χ0v) is 14.1. The topological polar surface area (TPSA) is 45.2 Å². The van der Waals surface area contributed by atoms with Crippen LogP contribution in [0.15, 0.2) is 6.07 Å². The minimum absolute atomic E-state index is 0.0525. The smallest absolute Gasteiger partial charge is 0.322 e. The highest BCUT2D eigenvalue weighted by Crippen LogP contribution is 2.33. The molecule has 1 rings (SSSR count). The Balaban J connectivity index is 2.66. The molecule has 0 aromatic carbocycles. The zero-order chi connectivity index (χ0) is 15.2. The van der Waals surface area contributed by atoms with E-state index < -0.39 is 0 Å². The van der Waals surface area contributed by atoms with Crippen molar-refractivity contribution in [3.63, 3.8) is 0 Å². The van der Waals surface area contributed by atoms with E-state index in [2.05, 4.69) is 37.4 Å². The Morgan fingerprint density at radius 2 is 2.05 bits per heavy atom. The van der Waals surface area contributed by atoms with Crippen LogP contribution in [-0.2, 0) is 5.41 Å². The van der Waals surface area contributed by atoms with Gasteiger partial charge in [0, 0.05) is 19.0 Å². The van der Waals surface area contributed by atoms with Gasteiger partial charge in [0.1, 0.15) is 5.00 Å². The molecule has 4 nitrogen and oxygen atoms in total. The molecular formula is C15H27N3OS. The Hall–Kier alpha value is -1.10. The summed E-state index contributed by atoms with van der Waals surface area (Å²) in [6.45, 7) is 9.49. The summed E-state index contributed by atoms with van der Waals surface area (Å²) in [6.07, 6.45) is 4.23. The predicted molar refractivity (Wildman–Crippen MR) is 86.6 cm³/mol. The Kier molecular flexibility index (Phi) is 6.46. The van der Waals surface area contributed by atoms with Crippen molar-refractivity contribution < 1.29 is 4.79 Å². The fourth-order valence-corrected chi connectivity index (χ4v) is 2.70. The Morgan fingerprint density at radius 3 is 2.60 bits per heavy atom. The number of anilines is 1. The second kappa shape index (κ2) is 7.62. The number of hydrogen-bond acceptors (Lipinski definition) is 3. The van der Waals surface area contributed by atoms with Crippen LogP contribution in [0.2, 0.25) is 0 Å². The highest BCUT2D eigenvalue weighted by atomic mass is 32.1. The molecule has 0 aliphatic heterocycles. The van der Waals surface area contributed by atoms with Crippen molar-refractivity contribution in [2.75, 3.05) is 18.9 Å². The first-order valence-corrected chi connectivity index (χ1v) is 8.23. The highest BCUT2D eigenvalue weighted by Gasteiger charge is 2.25. The van der Waals surface area contributed by atoms with Gasteiger partial charge >= 0.3 is 6.03 Å². The second-order valence-corrected chi connectivity index (χ2v) is 6.35. The molecule has 0 aliphatic carbocycles. The first-order chi connectivity index (χ1) is 9.46. The predicted octanol–water partition coefficient (Wildman–Crippen LogP) is 4.48. The number of hydrogen-bond donors (Lipinski definition) is 1. The first kappa shape index (κ1) is 17.0. The van der Waals surface area contributed by atoms with Crippen molar-refractivity contribution in [1.82, 2.24) is 9.27 Å². The van der Waals surface area contributed by atoms with Crippen LogP contribution in [0.5, 0.6) is 0 Å². The molecule has 114 valence electrons. The number of nitrogens with one attached hydrogen (secondary N) is 1. The lowest BCUT2D eigenvalue weighted by Crippen LogP contribution is -2.31. The molecular weight excluding hydrogens is 270 g/mol. The van der Waals surface area contributed by atoms with Crippen molar-refractivity contribution in [1.29, 1.82) is 0 Å². The third kappa shape index (κ3) is 4.20. The largest absolute Gasteiger partial charge is 0.328 e. The quantitative estimate of drug-likeness (QED) is 0.806. The van der Waals surface area contributed by atoms with Gasteiger partial charge in [-0.15, -0.1) is 0 Å². The maximum Gasteiger partial charge on any atom is 0.322 e. The summed E-state index contributed by atoms with van der Waals surface area (Å²) in [5.74, 6) is 0. The van der Waals surface area contributed by atoms with E-state index >= 15 is 0 Å². The SMILES string of the molecule is CCCCN(C)C(=O)Nc1cc(C(C)(CC)CC)ns1. The monoisotopic (exact) mass is 297 g/mol. The normalized spacial score (nSPS) is 11.4. The van der Waals surface area contributed by atoms with Gasteiger partial charge in [0.05, 0.1) is 5.69 Å².